The number of thioether (sulfide) groups is 2. The van der Waals surface area contributed by atoms with Gasteiger partial charge in [0.1, 0.15) is 27.9 Å². The molecule has 63 heavy (non-hydrogen) atoms. The maximum absolute atomic E-state index is 16.2. The van der Waals surface area contributed by atoms with Gasteiger partial charge in [0.25, 0.3) is 5.67 Å². The molecule has 0 aliphatic rings. The van der Waals surface area contributed by atoms with Crippen molar-refractivity contribution >= 4 is 51.2 Å². The predicted octanol–water partition coefficient (Wildman–Crippen LogP) is 12.1. The Morgan fingerprint density at radius 1 is 0.667 bits per heavy atom. The van der Waals surface area contributed by atoms with Gasteiger partial charge in [0.2, 0.25) is 0 Å². The van der Waals surface area contributed by atoms with Gasteiger partial charge in [-0.2, -0.15) is 65.9 Å². The summed E-state index contributed by atoms with van der Waals surface area (Å²) in [4.78, 5) is 28.5. The minimum Gasteiger partial charge on any atom is -0.464 e. The normalized spacial score (nSPS) is 17.5. The number of hydrogen-bond acceptors (Lipinski definition) is 10. The average Bonchev–Trinajstić information content (AvgIpc) is 3.05. The second-order valence-corrected chi connectivity index (χ2v) is 20.9. The lowest BCUT2D eigenvalue weighted by Crippen LogP contribution is -2.73. The van der Waals surface area contributed by atoms with Crippen molar-refractivity contribution in [3.63, 3.8) is 0 Å². The van der Waals surface area contributed by atoms with Crippen LogP contribution >= 0.6 is 35.7 Å². The summed E-state index contributed by atoms with van der Waals surface area (Å²) in [7, 11) is 3.37. The summed E-state index contributed by atoms with van der Waals surface area (Å²) < 4.78 is 257. The SMILES string of the molecule is CCCCSC(=S)SC(C)(C)C(CC(C)(C)C(C)C(=O)OCC(F)(C(F)(F)F)C(C)(C)OC(F)(F)C(F)(C(F)(F)F)C(C)(C)OC(F)(F)C(F)(F)C(F)(F)F)C(=O)OCCN(C)C. The van der Waals surface area contributed by atoms with Crippen LogP contribution in [0.2, 0.25) is 0 Å². The van der Waals surface area contributed by atoms with Gasteiger partial charge in [-0.05, 0) is 79.6 Å². The first-order chi connectivity index (χ1) is 27.6. The Hall–Kier alpha value is -1.58. The van der Waals surface area contributed by atoms with E-state index in [4.69, 9.17) is 17.0 Å². The number of ether oxygens (including phenoxy) is 4. The predicted molar refractivity (Wildman–Crippen MR) is 204 cm³/mol. The minimum absolute atomic E-state index is 0.0960. The van der Waals surface area contributed by atoms with Gasteiger partial charge in [-0.15, -0.1) is 23.5 Å². The summed E-state index contributed by atoms with van der Waals surface area (Å²) in [6.07, 6.45) is -34.4. The van der Waals surface area contributed by atoms with Crippen molar-refractivity contribution in [2.24, 2.45) is 17.3 Å². The number of carbonyl (C=O) groups is 2. The monoisotopic (exact) mass is 1010 g/mol. The van der Waals surface area contributed by atoms with Gasteiger partial charge in [0, 0.05) is 11.3 Å². The Bertz CT molecular complexity index is 1560. The number of unbranched alkanes of at least 4 members (excludes halogenated alkanes) is 1. The quantitative estimate of drug-likeness (QED) is 0.0428. The molecule has 0 N–H and O–H groups in total. The van der Waals surface area contributed by atoms with Crippen LogP contribution in [-0.2, 0) is 28.5 Å². The molecule has 0 saturated carbocycles. The number of hydrogen-bond donors (Lipinski definition) is 0. The van der Waals surface area contributed by atoms with Crippen LogP contribution in [0.5, 0.6) is 0 Å². The van der Waals surface area contributed by atoms with Crippen LogP contribution in [0.4, 0.5) is 74.6 Å². The van der Waals surface area contributed by atoms with Crippen molar-refractivity contribution in [3.8, 4) is 0 Å². The van der Waals surface area contributed by atoms with Gasteiger partial charge in [-0.25, -0.2) is 8.78 Å². The molecular formula is C36H52F17NO6S3. The van der Waals surface area contributed by atoms with Gasteiger partial charge in [0.15, 0.2) is 0 Å². The molecule has 0 aromatic heterocycles. The molecule has 0 aliphatic carbocycles. The van der Waals surface area contributed by atoms with Crippen LogP contribution in [0.25, 0.3) is 0 Å². The highest BCUT2D eigenvalue weighted by atomic mass is 32.2. The summed E-state index contributed by atoms with van der Waals surface area (Å²) in [5.74, 6) is -12.1. The fourth-order valence-corrected chi connectivity index (χ4v) is 8.90. The van der Waals surface area contributed by atoms with Crippen LogP contribution in [0.3, 0.4) is 0 Å². The third-order valence-corrected chi connectivity index (χ3v) is 13.1. The highest BCUT2D eigenvalue weighted by Crippen LogP contribution is 2.59. The Balaban J connectivity index is 6.95. The summed E-state index contributed by atoms with van der Waals surface area (Å²) in [6, 6.07) is 0. The van der Waals surface area contributed by atoms with Gasteiger partial charge >= 0.3 is 54.3 Å². The molecule has 0 heterocycles. The zero-order chi connectivity index (χ0) is 50.7. The standard InChI is InChI=1S/C36H52F17NO6S3/c1-13-14-17-62-24(61)63-26(5,6)21(23(56)57-16-15-54(11)12)18-25(3,4)20(2)22(55)58-19-29(37,32(41,42)43)27(7,8)59-35(50,51)30(38,33(44,45)46)28(9,10)60-36(52,53)31(39,40)34(47,48)49/h20-21H,13-19H2,1-12H3. The van der Waals surface area contributed by atoms with E-state index in [9.17, 15) is 66.7 Å². The molecule has 0 amide bonds. The second kappa shape index (κ2) is 20.7. The van der Waals surface area contributed by atoms with Crippen molar-refractivity contribution in [3.05, 3.63) is 0 Å². The third-order valence-electron chi connectivity index (χ3n) is 10.2. The van der Waals surface area contributed by atoms with Crippen LogP contribution in [0, 0.1) is 17.3 Å². The first-order valence-corrected chi connectivity index (χ1v) is 20.8. The molecule has 27 heteroatoms. The number of carbonyl (C=O) groups excluding carboxylic acids is 2. The number of thiocarbonyl (C=S) groups is 1. The molecule has 374 valence electrons. The first-order valence-electron chi connectivity index (χ1n) is 18.5. The molecule has 7 nitrogen and oxygen atoms in total. The van der Waals surface area contributed by atoms with Gasteiger partial charge in [-0.1, -0.05) is 46.3 Å². The highest BCUT2D eigenvalue weighted by Gasteiger charge is 2.85. The van der Waals surface area contributed by atoms with E-state index in [0.29, 0.717) is 9.28 Å². The summed E-state index contributed by atoms with van der Waals surface area (Å²) in [6.45, 7) is 3.97. The third kappa shape index (κ3) is 14.2. The lowest BCUT2D eigenvalue weighted by molar-refractivity contribution is -0.489. The number of rotatable bonds is 23. The maximum Gasteiger partial charge on any atom is 0.462 e. The van der Waals surface area contributed by atoms with Gasteiger partial charge < -0.3 is 23.8 Å². The molecule has 0 aromatic rings. The number of likely N-dealkylation sites (N-methyl/N-ethyl adjacent to an activating group) is 1. The lowest BCUT2D eigenvalue weighted by atomic mass is 9.71. The Labute approximate surface area is 367 Å². The zero-order valence-electron chi connectivity index (χ0n) is 36.2. The molecule has 4 atom stereocenters. The minimum atomic E-state index is -7.48. The van der Waals surface area contributed by atoms with Crippen LogP contribution in [0.15, 0.2) is 0 Å². The Kier molecular flexibility index (Phi) is 20.2. The molecule has 0 rings (SSSR count). The Morgan fingerprint density at radius 2 is 1.14 bits per heavy atom. The summed E-state index contributed by atoms with van der Waals surface area (Å²) >= 11 is 7.92. The molecule has 0 spiro atoms. The molecule has 0 aromatic carbocycles. The lowest BCUT2D eigenvalue weighted by Gasteiger charge is -2.49. The van der Waals surface area contributed by atoms with E-state index in [1.54, 1.807) is 32.8 Å². The van der Waals surface area contributed by atoms with E-state index in [0.717, 1.165) is 31.5 Å². The first kappa shape index (κ1) is 61.4. The smallest absolute Gasteiger partial charge is 0.462 e. The Morgan fingerprint density at radius 3 is 1.56 bits per heavy atom. The molecule has 0 aliphatic heterocycles. The average molecular weight is 1010 g/mol. The van der Waals surface area contributed by atoms with Crippen LogP contribution in [0.1, 0.15) is 88.5 Å². The molecule has 0 saturated heterocycles. The van der Waals surface area contributed by atoms with Crippen LogP contribution < -0.4 is 0 Å². The van der Waals surface area contributed by atoms with E-state index >= 15 is 17.6 Å². The number of nitrogens with zero attached hydrogens (tertiary/aromatic N) is 1. The topological polar surface area (TPSA) is 74.3 Å². The number of esters is 2. The largest absolute Gasteiger partial charge is 0.464 e. The van der Waals surface area contributed by atoms with Crippen molar-refractivity contribution in [1.82, 2.24) is 4.90 Å². The summed E-state index contributed by atoms with van der Waals surface area (Å²) in [5, 5.41) is 0. The van der Waals surface area contributed by atoms with Gasteiger partial charge in [-0.3, -0.25) is 9.59 Å². The maximum atomic E-state index is 16.2. The van der Waals surface area contributed by atoms with E-state index in [-0.39, 0.29) is 33.4 Å². The van der Waals surface area contributed by atoms with E-state index < -0.39 is 114 Å². The fraction of sp³-hybridized carbons (Fsp3) is 0.917. The number of alkyl halides is 17. The van der Waals surface area contributed by atoms with Crippen molar-refractivity contribution in [2.45, 2.75) is 152 Å². The van der Waals surface area contributed by atoms with Crippen molar-refractivity contribution < 1.29 is 103 Å². The molecule has 0 bridgehead atoms. The molecule has 0 radical (unpaired) electrons. The highest BCUT2D eigenvalue weighted by molar-refractivity contribution is 8.47. The van der Waals surface area contributed by atoms with Crippen molar-refractivity contribution in [2.75, 3.05) is 39.6 Å². The fourth-order valence-electron chi connectivity index (χ4n) is 5.52. The molecular weight excluding hydrogens is 962 g/mol. The van der Waals surface area contributed by atoms with E-state index in [2.05, 4.69) is 14.2 Å². The second-order valence-electron chi connectivity index (χ2n) is 17.0. The molecule has 0 fully saturated rings. The molecule has 4 unspecified atom stereocenters. The van der Waals surface area contributed by atoms with Gasteiger partial charge in [0.05, 0.1) is 11.8 Å². The number of halogens is 17. The van der Waals surface area contributed by atoms with Crippen LogP contribution in [-0.4, -0.2) is 124 Å². The summed E-state index contributed by atoms with van der Waals surface area (Å²) in [5.41, 5.74) is -24.1. The zero-order valence-corrected chi connectivity index (χ0v) is 38.6. The van der Waals surface area contributed by atoms with Crippen molar-refractivity contribution in [1.29, 1.82) is 0 Å². The van der Waals surface area contributed by atoms with E-state index in [1.165, 1.54) is 25.6 Å². The van der Waals surface area contributed by atoms with E-state index in [1.807, 2.05) is 6.92 Å².